The number of hydrogen-bond acceptors (Lipinski definition) is 2. The molecule has 1 aliphatic rings. The van der Waals surface area contributed by atoms with Gasteiger partial charge >= 0.3 is 6.18 Å². The van der Waals surface area contributed by atoms with Crippen LogP contribution in [0.4, 0.5) is 18.9 Å². The highest BCUT2D eigenvalue weighted by molar-refractivity contribution is 6.06. The molecule has 0 saturated carbocycles. The van der Waals surface area contributed by atoms with Gasteiger partial charge in [0.2, 0.25) is 5.91 Å². The maximum Gasteiger partial charge on any atom is 0.416 e. The molecule has 142 valence electrons. The minimum absolute atomic E-state index is 0.0765. The Balaban J connectivity index is 1.98. The smallest absolute Gasteiger partial charge is 0.324 e. The zero-order chi connectivity index (χ0) is 19.6. The summed E-state index contributed by atoms with van der Waals surface area (Å²) in [7, 11) is 0. The summed E-state index contributed by atoms with van der Waals surface area (Å²) < 4.78 is 39.3. The quantitative estimate of drug-likeness (QED) is 0.801. The maximum atomic E-state index is 13.1. The van der Waals surface area contributed by atoms with Crippen molar-refractivity contribution >= 4 is 17.5 Å². The zero-order valence-electron chi connectivity index (χ0n) is 14.8. The third kappa shape index (κ3) is 4.30. The highest BCUT2D eigenvalue weighted by atomic mass is 19.4. The molecule has 2 amide bonds. The molecule has 0 aliphatic carbocycles. The van der Waals surface area contributed by atoms with Crippen molar-refractivity contribution < 1.29 is 22.8 Å². The summed E-state index contributed by atoms with van der Waals surface area (Å²) in [6, 6.07) is 11.4. The van der Waals surface area contributed by atoms with Gasteiger partial charge in [-0.25, -0.2) is 0 Å². The molecule has 1 heterocycles. The third-order valence-corrected chi connectivity index (χ3v) is 4.51. The summed E-state index contributed by atoms with van der Waals surface area (Å²) in [6.07, 6.45) is -3.46. The first-order valence-corrected chi connectivity index (χ1v) is 8.59. The van der Waals surface area contributed by atoms with E-state index >= 15 is 0 Å². The van der Waals surface area contributed by atoms with Gasteiger partial charge in [-0.2, -0.15) is 13.2 Å². The number of rotatable bonds is 4. The molecule has 0 N–H and O–H groups in total. The number of benzene rings is 2. The van der Waals surface area contributed by atoms with Gasteiger partial charge in [0.1, 0.15) is 6.67 Å². The molecule has 1 fully saturated rings. The van der Waals surface area contributed by atoms with Crippen LogP contribution in [0.25, 0.3) is 0 Å². The first-order chi connectivity index (χ1) is 12.8. The molecule has 0 unspecified atom stereocenters. The van der Waals surface area contributed by atoms with E-state index in [1.54, 1.807) is 24.3 Å². The molecule has 2 aromatic carbocycles. The second kappa shape index (κ2) is 7.42. The van der Waals surface area contributed by atoms with Crippen LogP contribution in [-0.2, 0) is 11.0 Å². The van der Waals surface area contributed by atoms with Crippen molar-refractivity contribution in [3.63, 3.8) is 0 Å². The molecule has 3 rings (SSSR count). The molecule has 0 aromatic heterocycles. The van der Waals surface area contributed by atoms with Crippen molar-refractivity contribution in [1.82, 2.24) is 4.90 Å². The van der Waals surface area contributed by atoms with Gasteiger partial charge in [0.25, 0.3) is 5.91 Å². The van der Waals surface area contributed by atoms with Crippen LogP contribution in [0, 0.1) is 6.92 Å². The number of hydrogen-bond donors (Lipinski definition) is 0. The minimum atomic E-state index is -4.52. The van der Waals surface area contributed by atoms with E-state index in [-0.39, 0.29) is 18.3 Å². The molecular weight excluding hydrogens is 357 g/mol. The van der Waals surface area contributed by atoms with Crippen LogP contribution in [-0.4, -0.2) is 29.9 Å². The Bertz CT molecular complexity index is 847. The lowest BCUT2D eigenvalue weighted by atomic mass is 10.1. The zero-order valence-corrected chi connectivity index (χ0v) is 14.8. The largest absolute Gasteiger partial charge is 0.416 e. The van der Waals surface area contributed by atoms with Crippen molar-refractivity contribution in [2.75, 3.05) is 18.1 Å². The Morgan fingerprint density at radius 3 is 2.44 bits per heavy atom. The van der Waals surface area contributed by atoms with Gasteiger partial charge < -0.3 is 4.90 Å². The van der Waals surface area contributed by atoms with Crippen LogP contribution in [0.2, 0.25) is 0 Å². The van der Waals surface area contributed by atoms with Gasteiger partial charge in [-0.15, -0.1) is 0 Å². The molecule has 1 aliphatic heterocycles. The van der Waals surface area contributed by atoms with Crippen LogP contribution < -0.4 is 4.90 Å². The van der Waals surface area contributed by atoms with E-state index in [1.807, 2.05) is 6.92 Å². The molecule has 1 saturated heterocycles. The first kappa shape index (κ1) is 18.9. The first-order valence-electron chi connectivity index (χ1n) is 8.59. The molecule has 0 spiro atoms. The fourth-order valence-electron chi connectivity index (χ4n) is 2.99. The summed E-state index contributed by atoms with van der Waals surface area (Å²) in [6.45, 7) is 2.28. The average molecular weight is 376 g/mol. The van der Waals surface area contributed by atoms with Gasteiger partial charge in [-0.3, -0.25) is 14.5 Å². The molecule has 4 nitrogen and oxygen atoms in total. The average Bonchev–Trinajstić information content (AvgIpc) is 3.04. The Morgan fingerprint density at radius 1 is 1.15 bits per heavy atom. The number of carbonyl (C=O) groups is 2. The summed E-state index contributed by atoms with van der Waals surface area (Å²) in [5.74, 6) is -0.558. The van der Waals surface area contributed by atoms with E-state index in [4.69, 9.17) is 0 Å². The SMILES string of the molecule is Cc1ccc(C(=O)N(CN2CCCC2=O)c2cccc(C(F)(F)F)c2)cc1. The van der Waals surface area contributed by atoms with Gasteiger partial charge in [-0.05, 0) is 43.7 Å². The third-order valence-electron chi connectivity index (χ3n) is 4.51. The standard InChI is InChI=1S/C20H19F3N2O2/c1-14-7-9-15(10-8-14)19(27)25(13-24-11-3-6-18(24)26)17-5-2-4-16(12-17)20(21,22)23/h2,4-5,7-10,12H,3,6,11,13H2,1H3. The summed E-state index contributed by atoms with van der Waals surface area (Å²) in [5, 5.41) is 0. The second-order valence-corrected chi connectivity index (χ2v) is 6.55. The summed E-state index contributed by atoms with van der Waals surface area (Å²) >= 11 is 0. The van der Waals surface area contributed by atoms with Gasteiger partial charge in [0, 0.05) is 24.2 Å². The van der Waals surface area contributed by atoms with E-state index in [2.05, 4.69) is 0 Å². The Hall–Kier alpha value is -2.83. The second-order valence-electron chi connectivity index (χ2n) is 6.55. The van der Waals surface area contributed by atoms with Gasteiger partial charge in [0.15, 0.2) is 0 Å². The highest BCUT2D eigenvalue weighted by Gasteiger charge is 2.32. The topological polar surface area (TPSA) is 40.6 Å². The molecule has 0 radical (unpaired) electrons. The molecule has 2 aromatic rings. The number of nitrogens with zero attached hydrogens (tertiary/aromatic N) is 2. The Labute approximate surface area is 155 Å². The molecule has 0 atom stereocenters. The van der Waals surface area contributed by atoms with Crippen molar-refractivity contribution in [2.45, 2.75) is 25.9 Å². The Morgan fingerprint density at radius 2 is 1.85 bits per heavy atom. The van der Waals surface area contributed by atoms with Crippen molar-refractivity contribution in [1.29, 1.82) is 0 Å². The van der Waals surface area contributed by atoms with E-state index in [0.717, 1.165) is 17.7 Å². The van der Waals surface area contributed by atoms with Crippen LogP contribution in [0.1, 0.15) is 34.3 Å². The lowest BCUT2D eigenvalue weighted by Gasteiger charge is -2.28. The number of anilines is 1. The van der Waals surface area contributed by atoms with Gasteiger partial charge in [0.05, 0.1) is 5.56 Å². The normalized spacial score (nSPS) is 14.5. The predicted octanol–water partition coefficient (Wildman–Crippen LogP) is 4.24. The lowest BCUT2D eigenvalue weighted by molar-refractivity contribution is -0.137. The highest BCUT2D eigenvalue weighted by Crippen LogP contribution is 2.32. The van der Waals surface area contributed by atoms with E-state index in [0.29, 0.717) is 24.9 Å². The van der Waals surface area contributed by atoms with Gasteiger partial charge in [-0.1, -0.05) is 23.8 Å². The number of likely N-dealkylation sites (tertiary alicyclic amines) is 1. The van der Waals surface area contributed by atoms with Crippen LogP contribution in [0.15, 0.2) is 48.5 Å². The van der Waals surface area contributed by atoms with Crippen molar-refractivity contribution in [2.24, 2.45) is 0 Å². The molecule has 7 heteroatoms. The fourth-order valence-corrected chi connectivity index (χ4v) is 2.99. The molecule has 0 bridgehead atoms. The fraction of sp³-hybridized carbons (Fsp3) is 0.300. The maximum absolute atomic E-state index is 13.1. The minimum Gasteiger partial charge on any atom is -0.324 e. The number of carbonyl (C=O) groups excluding carboxylic acids is 2. The molecular formula is C20H19F3N2O2. The summed E-state index contributed by atoms with van der Waals surface area (Å²) in [5.41, 5.74) is 0.584. The van der Waals surface area contributed by atoms with E-state index in [1.165, 1.54) is 21.9 Å². The number of amides is 2. The van der Waals surface area contributed by atoms with Crippen LogP contribution in [0.3, 0.4) is 0 Å². The predicted molar refractivity (Wildman–Crippen MR) is 95.2 cm³/mol. The van der Waals surface area contributed by atoms with Crippen molar-refractivity contribution in [3.8, 4) is 0 Å². The van der Waals surface area contributed by atoms with E-state index in [9.17, 15) is 22.8 Å². The summed E-state index contributed by atoms with van der Waals surface area (Å²) in [4.78, 5) is 27.7. The van der Waals surface area contributed by atoms with Crippen molar-refractivity contribution in [3.05, 3.63) is 65.2 Å². The van der Waals surface area contributed by atoms with Crippen LogP contribution >= 0.6 is 0 Å². The lowest BCUT2D eigenvalue weighted by Crippen LogP contribution is -2.42. The number of alkyl halides is 3. The monoisotopic (exact) mass is 376 g/mol. The number of aryl methyl sites for hydroxylation is 1. The Kier molecular flexibility index (Phi) is 5.21. The van der Waals surface area contributed by atoms with Crippen LogP contribution in [0.5, 0.6) is 0 Å². The molecule has 27 heavy (non-hydrogen) atoms. The van der Waals surface area contributed by atoms with E-state index < -0.39 is 17.6 Å². The number of halogens is 3.